The van der Waals surface area contributed by atoms with Gasteiger partial charge >= 0.3 is 0 Å². The van der Waals surface area contributed by atoms with Crippen LogP contribution in [0.15, 0.2) is 24.3 Å². The van der Waals surface area contributed by atoms with Crippen molar-refractivity contribution >= 4 is 5.91 Å². The van der Waals surface area contributed by atoms with Crippen LogP contribution in [0.4, 0.5) is 0 Å². The van der Waals surface area contributed by atoms with Crippen LogP contribution in [0, 0.1) is 0 Å². The molecule has 5 nitrogen and oxygen atoms in total. The fraction of sp³-hybridized carbons (Fsp3) is 0.500. The minimum atomic E-state index is -0.992. The number of amides is 1. The van der Waals surface area contributed by atoms with Gasteiger partial charge in [0, 0.05) is 26.7 Å². The lowest BCUT2D eigenvalue weighted by molar-refractivity contribution is 0.0243. The Bertz CT molecular complexity index is 418. The maximum Gasteiger partial charge on any atom is 0.255 e. The molecule has 1 aromatic rings. The summed E-state index contributed by atoms with van der Waals surface area (Å²) in [5.41, 5.74) is -0.541. The topological polar surface area (TPSA) is 67.8 Å². The Morgan fingerprint density at radius 2 is 2.05 bits per heavy atom. The van der Waals surface area contributed by atoms with Crippen molar-refractivity contribution in [2.75, 3.05) is 27.4 Å². The number of methoxy groups -OCH3 is 2. The minimum Gasteiger partial charge on any atom is -0.496 e. The zero-order chi connectivity index (χ0) is 14.3. The molecule has 0 fully saturated rings. The molecule has 0 aromatic heterocycles. The van der Waals surface area contributed by atoms with Crippen LogP contribution in [0.25, 0.3) is 0 Å². The highest BCUT2D eigenvalue weighted by Crippen LogP contribution is 2.17. The summed E-state index contributed by atoms with van der Waals surface area (Å²) in [7, 11) is 3.09. The number of aliphatic hydroxyl groups is 1. The summed E-state index contributed by atoms with van der Waals surface area (Å²) in [4.78, 5) is 12.0. The number of carbonyl (C=O) groups is 1. The van der Waals surface area contributed by atoms with Crippen molar-refractivity contribution < 1.29 is 19.4 Å². The van der Waals surface area contributed by atoms with Crippen LogP contribution in [-0.4, -0.2) is 44.0 Å². The molecule has 0 saturated carbocycles. The van der Waals surface area contributed by atoms with Crippen LogP contribution in [0.2, 0.25) is 0 Å². The first kappa shape index (κ1) is 15.5. The van der Waals surface area contributed by atoms with E-state index in [1.54, 1.807) is 38.3 Å². The van der Waals surface area contributed by atoms with E-state index in [0.29, 0.717) is 24.3 Å². The molecule has 1 aromatic carbocycles. The predicted octanol–water partition coefficient (Wildman–Crippen LogP) is 1.21. The molecule has 0 bridgehead atoms. The molecule has 2 N–H and O–H groups in total. The summed E-state index contributed by atoms with van der Waals surface area (Å²) in [6, 6.07) is 6.96. The van der Waals surface area contributed by atoms with E-state index in [4.69, 9.17) is 9.47 Å². The lowest BCUT2D eigenvalue weighted by atomic mass is 10.0. The third kappa shape index (κ3) is 4.89. The molecular formula is C14H21NO4. The predicted molar refractivity (Wildman–Crippen MR) is 72.4 cm³/mol. The van der Waals surface area contributed by atoms with Gasteiger partial charge in [0.25, 0.3) is 5.91 Å². The Morgan fingerprint density at radius 3 is 2.68 bits per heavy atom. The van der Waals surface area contributed by atoms with E-state index in [9.17, 15) is 9.90 Å². The molecule has 1 atom stereocenters. The third-order valence-electron chi connectivity index (χ3n) is 2.83. The lowest BCUT2D eigenvalue weighted by Gasteiger charge is -2.23. The monoisotopic (exact) mass is 267 g/mol. The number of hydrogen-bond acceptors (Lipinski definition) is 4. The van der Waals surface area contributed by atoms with Crippen molar-refractivity contribution in [2.45, 2.75) is 18.9 Å². The number of hydrogen-bond donors (Lipinski definition) is 2. The van der Waals surface area contributed by atoms with Crippen molar-refractivity contribution in [3.63, 3.8) is 0 Å². The molecule has 1 unspecified atom stereocenters. The van der Waals surface area contributed by atoms with Crippen LogP contribution in [0.1, 0.15) is 23.7 Å². The summed E-state index contributed by atoms with van der Waals surface area (Å²) < 4.78 is 10.0. The number of nitrogens with one attached hydrogen (secondary N) is 1. The summed E-state index contributed by atoms with van der Waals surface area (Å²) in [5, 5.41) is 12.7. The molecule has 0 heterocycles. The average Bonchev–Trinajstić information content (AvgIpc) is 2.42. The van der Waals surface area contributed by atoms with Crippen molar-refractivity contribution in [1.29, 1.82) is 0 Å². The van der Waals surface area contributed by atoms with Gasteiger partial charge in [-0.2, -0.15) is 0 Å². The summed E-state index contributed by atoms with van der Waals surface area (Å²) in [5.74, 6) is 0.242. The Morgan fingerprint density at radius 1 is 1.37 bits per heavy atom. The van der Waals surface area contributed by atoms with E-state index in [1.165, 1.54) is 7.11 Å². The summed E-state index contributed by atoms with van der Waals surface area (Å²) in [6.07, 6.45) is 0.454. The van der Waals surface area contributed by atoms with Crippen molar-refractivity contribution in [2.24, 2.45) is 0 Å². The number of carbonyl (C=O) groups excluding carboxylic acids is 1. The maximum absolute atomic E-state index is 12.0. The van der Waals surface area contributed by atoms with Crippen LogP contribution in [0.5, 0.6) is 5.75 Å². The fourth-order valence-electron chi connectivity index (χ4n) is 1.61. The van der Waals surface area contributed by atoms with Gasteiger partial charge in [-0.25, -0.2) is 0 Å². The van der Waals surface area contributed by atoms with Gasteiger partial charge in [0.1, 0.15) is 5.75 Å². The molecule has 1 rings (SSSR count). The van der Waals surface area contributed by atoms with E-state index in [0.717, 1.165) is 0 Å². The van der Waals surface area contributed by atoms with E-state index in [-0.39, 0.29) is 12.5 Å². The minimum absolute atomic E-state index is 0.160. The van der Waals surface area contributed by atoms with Crippen molar-refractivity contribution in [1.82, 2.24) is 5.32 Å². The molecule has 0 aliphatic carbocycles. The zero-order valence-electron chi connectivity index (χ0n) is 11.6. The van der Waals surface area contributed by atoms with Crippen LogP contribution < -0.4 is 10.1 Å². The van der Waals surface area contributed by atoms with Gasteiger partial charge in [0.15, 0.2) is 0 Å². The largest absolute Gasteiger partial charge is 0.496 e. The van der Waals surface area contributed by atoms with Gasteiger partial charge in [0.2, 0.25) is 0 Å². The molecule has 0 spiro atoms. The highest BCUT2D eigenvalue weighted by atomic mass is 16.5. The average molecular weight is 267 g/mol. The molecule has 0 saturated heterocycles. The van der Waals surface area contributed by atoms with Gasteiger partial charge in [-0.05, 0) is 19.1 Å². The van der Waals surface area contributed by atoms with Gasteiger partial charge < -0.3 is 19.9 Å². The number of para-hydroxylation sites is 1. The Balaban J connectivity index is 2.60. The molecule has 5 heteroatoms. The number of ether oxygens (including phenoxy) is 2. The van der Waals surface area contributed by atoms with Crippen molar-refractivity contribution in [3.05, 3.63) is 29.8 Å². The van der Waals surface area contributed by atoms with Crippen molar-refractivity contribution in [3.8, 4) is 5.75 Å². The highest BCUT2D eigenvalue weighted by Gasteiger charge is 2.22. The normalized spacial score (nSPS) is 13.7. The Kier molecular flexibility index (Phi) is 5.79. The second-order valence-electron chi connectivity index (χ2n) is 4.62. The van der Waals surface area contributed by atoms with Gasteiger partial charge in [-0.1, -0.05) is 12.1 Å². The maximum atomic E-state index is 12.0. The molecule has 106 valence electrons. The first-order valence-electron chi connectivity index (χ1n) is 6.13. The molecule has 0 aliphatic rings. The Labute approximate surface area is 113 Å². The highest BCUT2D eigenvalue weighted by molar-refractivity contribution is 5.96. The standard InChI is InChI=1S/C14H21NO4/c1-14(17,8-9-18-2)10-15-13(16)11-6-4-5-7-12(11)19-3/h4-7,17H,8-10H2,1-3H3,(H,15,16). The van der Waals surface area contributed by atoms with Gasteiger partial charge in [-0.15, -0.1) is 0 Å². The second kappa shape index (κ2) is 7.11. The van der Waals surface area contributed by atoms with Crippen LogP contribution >= 0.6 is 0 Å². The number of benzene rings is 1. The first-order chi connectivity index (χ1) is 9.00. The van der Waals surface area contributed by atoms with Gasteiger partial charge in [-0.3, -0.25) is 4.79 Å². The van der Waals surface area contributed by atoms with E-state index >= 15 is 0 Å². The fourth-order valence-corrected chi connectivity index (χ4v) is 1.61. The second-order valence-corrected chi connectivity index (χ2v) is 4.62. The summed E-state index contributed by atoms with van der Waals surface area (Å²) in [6.45, 7) is 2.26. The van der Waals surface area contributed by atoms with Gasteiger partial charge in [0.05, 0.1) is 18.3 Å². The first-order valence-corrected chi connectivity index (χ1v) is 6.13. The molecule has 19 heavy (non-hydrogen) atoms. The van der Waals surface area contributed by atoms with Crippen LogP contribution in [-0.2, 0) is 4.74 Å². The zero-order valence-corrected chi connectivity index (χ0v) is 11.6. The molecular weight excluding hydrogens is 246 g/mol. The molecule has 1 amide bonds. The third-order valence-corrected chi connectivity index (χ3v) is 2.83. The van der Waals surface area contributed by atoms with E-state index < -0.39 is 5.60 Å². The molecule has 0 radical (unpaired) electrons. The lowest BCUT2D eigenvalue weighted by Crippen LogP contribution is -2.41. The Hall–Kier alpha value is -1.59. The summed E-state index contributed by atoms with van der Waals surface area (Å²) >= 11 is 0. The SMILES string of the molecule is COCCC(C)(O)CNC(=O)c1ccccc1OC. The van der Waals surface area contributed by atoms with Crippen LogP contribution in [0.3, 0.4) is 0 Å². The quantitative estimate of drug-likeness (QED) is 0.779. The molecule has 0 aliphatic heterocycles. The smallest absolute Gasteiger partial charge is 0.255 e. The van der Waals surface area contributed by atoms with E-state index in [1.807, 2.05) is 0 Å². The van der Waals surface area contributed by atoms with E-state index in [2.05, 4.69) is 5.32 Å². The number of rotatable bonds is 7.